The molecule has 0 unspecified atom stereocenters. The second-order valence-corrected chi connectivity index (χ2v) is 9.95. The molecule has 0 saturated heterocycles. The number of hydrogen-bond acceptors (Lipinski definition) is 6. The summed E-state index contributed by atoms with van der Waals surface area (Å²) >= 11 is 0. The quantitative estimate of drug-likeness (QED) is 0.463. The predicted molar refractivity (Wildman–Crippen MR) is 124 cm³/mol. The predicted octanol–water partition coefficient (Wildman–Crippen LogP) is 4.65. The van der Waals surface area contributed by atoms with Gasteiger partial charge in [-0.05, 0) is 67.0 Å². The van der Waals surface area contributed by atoms with Crippen molar-refractivity contribution in [3.8, 4) is 17.2 Å². The van der Waals surface area contributed by atoms with Crippen molar-refractivity contribution in [2.45, 2.75) is 51.0 Å². The van der Waals surface area contributed by atoms with E-state index in [1.165, 1.54) is 18.2 Å². The number of aliphatic hydroxyl groups is 1. The molecule has 3 aromatic heterocycles. The van der Waals surface area contributed by atoms with Crippen molar-refractivity contribution in [2.75, 3.05) is 0 Å². The normalized spacial score (nSPS) is 22.9. The minimum absolute atomic E-state index is 0.145. The topological polar surface area (TPSA) is 89.6 Å². The summed E-state index contributed by atoms with van der Waals surface area (Å²) in [6.45, 7) is 6.04. The average Bonchev–Trinajstić information content (AvgIpc) is 3.48. The van der Waals surface area contributed by atoms with E-state index in [9.17, 15) is 13.9 Å². The molecule has 1 saturated carbocycles. The van der Waals surface area contributed by atoms with E-state index < -0.39 is 23.2 Å². The van der Waals surface area contributed by atoms with E-state index in [-0.39, 0.29) is 22.6 Å². The van der Waals surface area contributed by atoms with Crippen LogP contribution in [0.1, 0.15) is 68.3 Å². The van der Waals surface area contributed by atoms with Gasteiger partial charge in [-0.1, -0.05) is 19.9 Å². The lowest BCUT2D eigenvalue weighted by Gasteiger charge is -2.37. The van der Waals surface area contributed by atoms with E-state index in [2.05, 4.69) is 34.1 Å². The van der Waals surface area contributed by atoms with Crippen molar-refractivity contribution < 1.29 is 13.9 Å². The Kier molecular flexibility index (Phi) is 4.67. The molecule has 0 aliphatic heterocycles. The summed E-state index contributed by atoms with van der Waals surface area (Å²) in [4.78, 5) is 9.29. The fourth-order valence-corrected chi connectivity index (χ4v) is 6.13. The maximum atomic E-state index is 14.5. The minimum atomic E-state index is -0.696. The van der Waals surface area contributed by atoms with Gasteiger partial charge in [0.15, 0.2) is 0 Å². The molecule has 0 spiro atoms. The zero-order chi connectivity index (χ0) is 24.5. The summed E-state index contributed by atoms with van der Waals surface area (Å²) < 4.78 is 30.5. The largest absolute Gasteiger partial charge is 0.387 e. The van der Waals surface area contributed by atoms with Gasteiger partial charge in [0, 0.05) is 12.4 Å². The van der Waals surface area contributed by atoms with Gasteiger partial charge in [-0.3, -0.25) is 0 Å². The SMILES string of the molecule is C[C@@H](O)c1ccn(-c2nccc([C@]34CC[C@@H](c5cc(-c6c(F)cccc6F)nnc53)C4(C)C)n2)n1. The summed E-state index contributed by atoms with van der Waals surface area (Å²) in [6, 6.07) is 9.21. The van der Waals surface area contributed by atoms with Gasteiger partial charge in [-0.15, -0.1) is 5.10 Å². The Hall–Kier alpha value is -3.59. The number of benzene rings is 1. The van der Waals surface area contributed by atoms with Gasteiger partial charge < -0.3 is 5.11 Å². The van der Waals surface area contributed by atoms with Crippen LogP contribution < -0.4 is 0 Å². The summed E-state index contributed by atoms with van der Waals surface area (Å²) in [7, 11) is 0. The Balaban J connectivity index is 1.49. The second kappa shape index (κ2) is 7.45. The number of hydrogen-bond donors (Lipinski definition) is 1. The molecule has 6 rings (SSSR count). The molecule has 2 aliphatic rings. The van der Waals surface area contributed by atoms with Crippen molar-refractivity contribution in [3.05, 3.63) is 83.1 Å². The first-order chi connectivity index (χ1) is 16.7. The highest BCUT2D eigenvalue weighted by Crippen LogP contribution is 2.69. The Morgan fingerprint density at radius 2 is 1.89 bits per heavy atom. The fraction of sp³-hybridized carbons (Fsp3) is 0.346. The number of rotatable bonds is 4. The van der Waals surface area contributed by atoms with E-state index in [0.717, 1.165) is 29.8 Å². The number of aliphatic hydroxyl groups excluding tert-OH is 1. The van der Waals surface area contributed by atoms with Crippen molar-refractivity contribution in [3.63, 3.8) is 0 Å². The monoisotopic (exact) mass is 474 g/mol. The molecule has 3 atom stereocenters. The molecule has 1 N–H and O–H groups in total. The Bertz CT molecular complexity index is 1450. The first-order valence-corrected chi connectivity index (χ1v) is 11.6. The molecule has 2 bridgehead atoms. The Morgan fingerprint density at radius 3 is 2.60 bits per heavy atom. The third-order valence-corrected chi connectivity index (χ3v) is 7.92. The zero-order valence-corrected chi connectivity index (χ0v) is 19.6. The van der Waals surface area contributed by atoms with Crippen molar-refractivity contribution in [1.82, 2.24) is 29.9 Å². The first kappa shape index (κ1) is 21.9. The Labute approximate surface area is 200 Å². The molecule has 9 heteroatoms. The van der Waals surface area contributed by atoms with Crippen LogP contribution in [0.25, 0.3) is 17.2 Å². The van der Waals surface area contributed by atoms with Crippen LogP contribution in [0.2, 0.25) is 0 Å². The molecule has 0 amide bonds. The molecule has 1 aromatic carbocycles. The van der Waals surface area contributed by atoms with Gasteiger partial charge in [0.05, 0.1) is 39.9 Å². The van der Waals surface area contributed by atoms with Gasteiger partial charge in [0.25, 0.3) is 5.95 Å². The minimum Gasteiger partial charge on any atom is -0.387 e. The number of nitrogens with zero attached hydrogens (tertiary/aromatic N) is 6. The molecule has 3 heterocycles. The molecule has 1 fully saturated rings. The lowest BCUT2D eigenvalue weighted by atomic mass is 9.66. The maximum absolute atomic E-state index is 14.5. The molecule has 4 aromatic rings. The lowest BCUT2D eigenvalue weighted by molar-refractivity contribution is 0.193. The molecular formula is C26H24F2N6O. The molecule has 178 valence electrons. The summed E-state index contributed by atoms with van der Waals surface area (Å²) in [5.41, 5.74) is 2.36. The van der Waals surface area contributed by atoms with E-state index >= 15 is 0 Å². The van der Waals surface area contributed by atoms with Gasteiger partial charge in [-0.25, -0.2) is 23.4 Å². The number of halogens is 2. The fourth-order valence-electron chi connectivity index (χ4n) is 6.13. The molecule has 7 nitrogen and oxygen atoms in total. The van der Waals surface area contributed by atoms with E-state index in [1.54, 1.807) is 36.1 Å². The van der Waals surface area contributed by atoms with Crippen LogP contribution >= 0.6 is 0 Å². The molecule has 2 aliphatic carbocycles. The van der Waals surface area contributed by atoms with Crippen LogP contribution in [0.5, 0.6) is 0 Å². The maximum Gasteiger partial charge on any atom is 0.250 e. The highest BCUT2D eigenvalue weighted by molar-refractivity contribution is 5.64. The summed E-state index contributed by atoms with van der Waals surface area (Å²) in [5, 5.41) is 23.1. The van der Waals surface area contributed by atoms with Crippen molar-refractivity contribution in [2.24, 2.45) is 5.41 Å². The van der Waals surface area contributed by atoms with Crippen LogP contribution in [0.15, 0.2) is 48.8 Å². The van der Waals surface area contributed by atoms with Gasteiger partial charge in [-0.2, -0.15) is 10.2 Å². The van der Waals surface area contributed by atoms with Crippen LogP contribution in [-0.2, 0) is 5.41 Å². The average molecular weight is 475 g/mol. The molecule has 0 radical (unpaired) electrons. The van der Waals surface area contributed by atoms with Crippen molar-refractivity contribution in [1.29, 1.82) is 0 Å². The van der Waals surface area contributed by atoms with Gasteiger partial charge >= 0.3 is 0 Å². The second-order valence-electron chi connectivity index (χ2n) is 9.95. The number of fused-ring (bicyclic) bond motifs is 5. The summed E-state index contributed by atoms with van der Waals surface area (Å²) in [6.07, 6.45) is 4.46. The standard InChI is InChI=1S/C26H24F2N6O/c1-14(35)19-9-12-34(33-19)24-29-11-8-21(30-24)26-10-7-16(25(26,2)3)15-13-20(31-32-23(15)26)22-17(27)5-4-6-18(22)28/h4-6,8-9,11-14,16,35H,7,10H2,1-3H3/t14-,16+,26-/m1/s1. The smallest absolute Gasteiger partial charge is 0.250 e. The molecule has 35 heavy (non-hydrogen) atoms. The molecular weight excluding hydrogens is 450 g/mol. The van der Waals surface area contributed by atoms with Gasteiger partial charge in [0.1, 0.15) is 11.6 Å². The zero-order valence-electron chi connectivity index (χ0n) is 19.6. The third kappa shape index (κ3) is 2.94. The van der Waals surface area contributed by atoms with Crippen LogP contribution in [0, 0.1) is 17.0 Å². The van der Waals surface area contributed by atoms with Crippen LogP contribution in [0.4, 0.5) is 8.78 Å². The van der Waals surface area contributed by atoms with E-state index in [1.807, 2.05) is 6.07 Å². The lowest BCUT2D eigenvalue weighted by Crippen LogP contribution is -2.38. The van der Waals surface area contributed by atoms with Gasteiger partial charge in [0.2, 0.25) is 0 Å². The van der Waals surface area contributed by atoms with E-state index in [0.29, 0.717) is 11.6 Å². The highest BCUT2D eigenvalue weighted by Gasteiger charge is 2.65. The Morgan fingerprint density at radius 1 is 1.11 bits per heavy atom. The summed E-state index contributed by atoms with van der Waals surface area (Å²) in [5.74, 6) is -0.777. The van der Waals surface area contributed by atoms with Crippen LogP contribution in [-0.4, -0.2) is 35.1 Å². The van der Waals surface area contributed by atoms with Crippen molar-refractivity contribution >= 4 is 0 Å². The third-order valence-electron chi connectivity index (χ3n) is 7.92. The van der Waals surface area contributed by atoms with Crippen LogP contribution in [0.3, 0.4) is 0 Å². The first-order valence-electron chi connectivity index (χ1n) is 11.6. The number of aromatic nitrogens is 6. The highest BCUT2D eigenvalue weighted by atomic mass is 19.1. The van der Waals surface area contributed by atoms with E-state index in [4.69, 9.17) is 4.98 Å².